The molecule has 1 atom stereocenters. The smallest absolute Gasteiger partial charge is 0.139 e. The Bertz CT molecular complexity index is 951. The zero-order valence-corrected chi connectivity index (χ0v) is 14.0. The van der Waals surface area contributed by atoms with Crippen LogP contribution >= 0.6 is 11.3 Å². The van der Waals surface area contributed by atoms with Crippen molar-refractivity contribution >= 4 is 27.4 Å². The summed E-state index contributed by atoms with van der Waals surface area (Å²) in [5, 5.41) is 6.70. The molecule has 0 amide bonds. The average molecular weight is 332 g/mol. The molecule has 3 aromatic heterocycles. The quantitative estimate of drug-likeness (QED) is 0.576. The molecule has 0 spiro atoms. The number of rotatable bonds is 4. The molecule has 0 aliphatic rings. The summed E-state index contributed by atoms with van der Waals surface area (Å²) < 4.78 is 0. The first-order chi connectivity index (χ1) is 11.8. The largest absolute Gasteiger partial charge is 0.361 e. The van der Waals surface area contributed by atoms with Gasteiger partial charge in [-0.25, -0.2) is 9.97 Å². The maximum absolute atomic E-state index is 4.49. The second-order valence-corrected chi connectivity index (χ2v) is 6.40. The lowest BCUT2D eigenvalue weighted by Crippen LogP contribution is -2.09. The van der Waals surface area contributed by atoms with E-state index >= 15 is 0 Å². The summed E-state index contributed by atoms with van der Waals surface area (Å²) in [5.74, 6) is 0.846. The first-order valence-electron chi connectivity index (χ1n) is 7.78. The van der Waals surface area contributed by atoms with Gasteiger partial charge in [0.05, 0.1) is 17.1 Å². The van der Waals surface area contributed by atoms with Crippen molar-refractivity contribution in [1.82, 2.24) is 15.0 Å². The van der Waals surface area contributed by atoms with Gasteiger partial charge < -0.3 is 5.32 Å². The van der Waals surface area contributed by atoms with Crippen molar-refractivity contribution in [3.63, 3.8) is 0 Å². The fraction of sp³-hybridized carbons (Fsp3) is 0.105. The third-order valence-corrected chi connectivity index (χ3v) is 4.83. The zero-order valence-electron chi connectivity index (χ0n) is 13.2. The van der Waals surface area contributed by atoms with Gasteiger partial charge >= 0.3 is 0 Å². The molecule has 1 aromatic carbocycles. The molecule has 24 heavy (non-hydrogen) atoms. The van der Waals surface area contributed by atoms with Gasteiger partial charge in [-0.05, 0) is 24.6 Å². The summed E-state index contributed by atoms with van der Waals surface area (Å²) in [7, 11) is 0. The van der Waals surface area contributed by atoms with Gasteiger partial charge in [-0.3, -0.25) is 4.98 Å². The molecular formula is C19H16N4S. The summed E-state index contributed by atoms with van der Waals surface area (Å²) in [5.41, 5.74) is 3.32. The lowest BCUT2D eigenvalue weighted by atomic mass is 10.1. The molecule has 0 aliphatic heterocycles. The molecule has 3 heterocycles. The monoisotopic (exact) mass is 332 g/mol. The highest BCUT2D eigenvalue weighted by atomic mass is 32.1. The van der Waals surface area contributed by atoms with Crippen molar-refractivity contribution in [1.29, 1.82) is 0 Å². The molecule has 0 bridgehead atoms. The molecule has 4 aromatic rings. The van der Waals surface area contributed by atoms with E-state index in [9.17, 15) is 0 Å². The highest BCUT2D eigenvalue weighted by Crippen LogP contribution is 2.37. The number of aromatic nitrogens is 3. The fourth-order valence-electron chi connectivity index (χ4n) is 2.73. The van der Waals surface area contributed by atoms with E-state index < -0.39 is 0 Å². The summed E-state index contributed by atoms with van der Waals surface area (Å²) >= 11 is 1.64. The number of nitrogens with zero attached hydrogens (tertiary/aromatic N) is 3. The molecule has 0 saturated heterocycles. The van der Waals surface area contributed by atoms with Gasteiger partial charge in [0.2, 0.25) is 0 Å². The van der Waals surface area contributed by atoms with Crippen molar-refractivity contribution in [2.45, 2.75) is 13.0 Å². The van der Waals surface area contributed by atoms with Crippen LogP contribution in [-0.4, -0.2) is 15.0 Å². The molecular weight excluding hydrogens is 316 g/mol. The number of hydrogen-bond acceptors (Lipinski definition) is 5. The van der Waals surface area contributed by atoms with Gasteiger partial charge in [-0.15, -0.1) is 11.3 Å². The van der Waals surface area contributed by atoms with Gasteiger partial charge in [0, 0.05) is 17.1 Å². The number of nitrogens with one attached hydrogen (secondary N) is 1. The number of fused-ring (bicyclic) bond motifs is 1. The van der Waals surface area contributed by atoms with Crippen LogP contribution in [0.2, 0.25) is 0 Å². The Kier molecular flexibility index (Phi) is 3.92. The lowest BCUT2D eigenvalue weighted by Gasteiger charge is -2.15. The summed E-state index contributed by atoms with van der Waals surface area (Å²) in [6.07, 6.45) is 3.42. The standard InChI is InChI=1S/C19H16N4S/c1-13(16-9-5-6-10-20-16)23-18-17-15(14-7-3-2-4-8-14)11-24-19(17)22-12-21-18/h2-13H,1H3,(H,21,22,23)/t13-/m0/s1. The van der Waals surface area contributed by atoms with E-state index in [0.29, 0.717) is 0 Å². The Hall–Kier alpha value is -2.79. The second-order valence-electron chi connectivity index (χ2n) is 5.54. The van der Waals surface area contributed by atoms with Crippen molar-refractivity contribution in [3.8, 4) is 11.1 Å². The van der Waals surface area contributed by atoms with E-state index in [0.717, 1.165) is 27.3 Å². The van der Waals surface area contributed by atoms with Crippen LogP contribution in [-0.2, 0) is 0 Å². The van der Waals surface area contributed by atoms with Crippen LogP contribution in [0.4, 0.5) is 5.82 Å². The fourth-order valence-corrected chi connectivity index (χ4v) is 3.64. The minimum atomic E-state index is 0.0628. The molecule has 0 unspecified atom stereocenters. The Morgan fingerprint density at radius 1 is 0.958 bits per heavy atom. The third-order valence-electron chi connectivity index (χ3n) is 3.94. The lowest BCUT2D eigenvalue weighted by molar-refractivity contribution is 0.833. The Labute approximate surface area is 144 Å². The molecule has 5 heteroatoms. The molecule has 0 radical (unpaired) electrons. The summed E-state index contributed by atoms with van der Waals surface area (Å²) in [6.45, 7) is 2.09. The SMILES string of the molecule is C[C@H](Nc1ncnc2scc(-c3ccccc3)c12)c1ccccn1. The van der Waals surface area contributed by atoms with Crippen LogP contribution in [0.15, 0.2) is 66.4 Å². The van der Waals surface area contributed by atoms with E-state index in [-0.39, 0.29) is 6.04 Å². The molecule has 0 aliphatic carbocycles. The van der Waals surface area contributed by atoms with E-state index in [1.54, 1.807) is 17.7 Å². The molecule has 1 N–H and O–H groups in total. The maximum atomic E-state index is 4.49. The molecule has 4 rings (SSSR count). The van der Waals surface area contributed by atoms with Crippen LogP contribution in [0, 0.1) is 0 Å². The maximum Gasteiger partial charge on any atom is 0.139 e. The third kappa shape index (κ3) is 2.74. The van der Waals surface area contributed by atoms with E-state index in [1.807, 2.05) is 42.6 Å². The van der Waals surface area contributed by atoms with Crippen molar-refractivity contribution in [2.75, 3.05) is 5.32 Å². The van der Waals surface area contributed by atoms with Crippen LogP contribution in [0.1, 0.15) is 18.7 Å². The highest BCUT2D eigenvalue weighted by Gasteiger charge is 2.15. The zero-order chi connectivity index (χ0) is 16.4. The second kappa shape index (κ2) is 6.37. The van der Waals surface area contributed by atoms with Crippen LogP contribution in [0.25, 0.3) is 21.3 Å². The average Bonchev–Trinajstić information content (AvgIpc) is 3.08. The predicted octanol–water partition coefficient (Wildman–Crippen LogP) is 4.93. The highest BCUT2D eigenvalue weighted by molar-refractivity contribution is 7.17. The van der Waals surface area contributed by atoms with Crippen LogP contribution in [0.3, 0.4) is 0 Å². The minimum absolute atomic E-state index is 0.0628. The van der Waals surface area contributed by atoms with Gasteiger partial charge in [0.1, 0.15) is 17.0 Å². The predicted molar refractivity (Wildman–Crippen MR) is 99.1 cm³/mol. The number of benzene rings is 1. The Balaban J connectivity index is 1.77. The van der Waals surface area contributed by atoms with E-state index in [1.165, 1.54) is 5.56 Å². The van der Waals surface area contributed by atoms with Gasteiger partial charge in [0.15, 0.2) is 0 Å². The van der Waals surface area contributed by atoms with Crippen LogP contribution in [0.5, 0.6) is 0 Å². The minimum Gasteiger partial charge on any atom is -0.361 e. The first-order valence-corrected chi connectivity index (χ1v) is 8.66. The number of thiophene rings is 1. The van der Waals surface area contributed by atoms with Crippen molar-refractivity contribution in [3.05, 3.63) is 72.1 Å². The summed E-state index contributed by atoms with van der Waals surface area (Å²) in [6, 6.07) is 16.3. The molecule has 118 valence electrons. The van der Waals surface area contributed by atoms with Crippen LogP contribution < -0.4 is 5.32 Å². The molecule has 0 fully saturated rings. The van der Waals surface area contributed by atoms with Gasteiger partial charge in [-0.2, -0.15) is 0 Å². The van der Waals surface area contributed by atoms with E-state index in [2.05, 4.69) is 44.7 Å². The topological polar surface area (TPSA) is 50.7 Å². The van der Waals surface area contributed by atoms with E-state index in [4.69, 9.17) is 0 Å². The first kappa shape index (κ1) is 14.8. The number of pyridine rings is 1. The number of hydrogen-bond donors (Lipinski definition) is 1. The Morgan fingerprint density at radius 3 is 2.58 bits per heavy atom. The van der Waals surface area contributed by atoms with Crippen molar-refractivity contribution < 1.29 is 0 Å². The molecule has 4 nitrogen and oxygen atoms in total. The summed E-state index contributed by atoms with van der Waals surface area (Å²) in [4.78, 5) is 14.3. The normalized spacial score (nSPS) is 12.2. The van der Waals surface area contributed by atoms with Gasteiger partial charge in [0.25, 0.3) is 0 Å². The van der Waals surface area contributed by atoms with Gasteiger partial charge in [-0.1, -0.05) is 36.4 Å². The Morgan fingerprint density at radius 2 is 1.79 bits per heavy atom. The van der Waals surface area contributed by atoms with Crippen molar-refractivity contribution in [2.24, 2.45) is 0 Å². The number of anilines is 1. The molecule has 0 saturated carbocycles.